The molecule has 0 radical (unpaired) electrons. The monoisotopic (exact) mass is 162 g/mol. The summed E-state index contributed by atoms with van der Waals surface area (Å²) in [7, 11) is 0. The van der Waals surface area contributed by atoms with Crippen molar-refractivity contribution in [3.63, 3.8) is 0 Å². The Balaban J connectivity index is 2.62. The van der Waals surface area contributed by atoms with Gasteiger partial charge in [-0.3, -0.25) is 4.79 Å². The molecule has 0 atom stereocenters. The number of terminal acetylenes is 1. The third kappa shape index (κ3) is 1.89. The fraction of sp³-hybridized carbons (Fsp3) is 0.222. The molecule has 0 aromatic carbocycles. The molecule has 3 heteroatoms. The summed E-state index contributed by atoms with van der Waals surface area (Å²) in [6.45, 7) is 1.01. The van der Waals surface area contributed by atoms with Crippen LogP contribution in [0, 0.1) is 12.3 Å². The Labute approximate surface area is 71.5 Å². The maximum Gasteiger partial charge on any atom is 0.246 e. The van der Waals surface area contributed by atoms with E-state index in [1.807, 2.05) is 11.1 Å². The number of hydrogen-bond donors (Lipinski definition) is 1. The van der Waals surface area contributed by atoms with Crippen molar-refractivity contribution < 1.29 is 4.79 Å². The summed E-state index contributed by atoms with van der Waals surface area (Å²) in [5.41, 5.74) is 5.70. The van der Waals surface area contributed by atoms with Crippen molar-refractivity contribution in [2.24, 2.45) is 5.73 Å². The molecular formula is C9H10N2O. The third-order valence-electron chi connectivity index (χ3n) is 1.58. The smallest absolute Gasteiger partial charge is 0.246 e. The molecule has 1 rings (SSSR count). The van der Waals surface area contributed by atoms with E-state index in [1.165, 1.54) is 0 Å². The van der Waals surface area contributed by atoms with Crippen LogP contribution < -0.4 is 5.73 Å². The zero-order valence-corrected chi connectivity index (χ0v) is 6.66. The lowest BCUT2D eigenvalue weighted by molar-refractivity contribution is -0.114. The van der Waals surface area contributed by atoms with E-state index in [0.29, 0.717) is 18.7 Å². The summed E-state index contributed by atoms with van der Waals surface area (Å²) < 4.78 is 0. The van der Waals surface area contributed by atoms with Crippen LogP contribution >= 0.6 is 0 Å². The lowest BCUT2D eigenvalue weighted by Crippen LogP contribution is -2.28. The molecule has 0 saturated carbocycles. The van der Waals surface area contributed by atoms with Gasteiger partial charge in [-0.1, -0.05) is 12.0 Å². The Morgan fingerprint density at radius 1 is 1.83 bits per heavy atom. The first kappa shape index (κ1) is 8.41. The highest BCUT2D eigenvalue weighted by atomic mass is 16.1. The molecule has 2 N–H and O–H groups in total. The van der Waals surface area contributed by atoms with Gasteiger partial charge >= 0.3 is 0 Å². The number of carbonyl (C=O) groups is 1. The van der Waals surface area contributed by atoms with Crippen molar-refractivity contribution in [1.29, 1.82) is 0 Å². The van der Waals surface area contributed by atoms with Crippen molar-refractivity contribution in [3.05, 3.63) is 23.9 Å². The number of hydrogen-bond acceptors (Lipinski definition) is 2. The molecule has 0 unspecified atom stereocenters. The van der Waals surface area contributed by atoms with Gasteiger partial charge in [0.15, 0.2) is 0 Å². The second-order valence-corrected chi connectivity index (χ2v) is 2.51. The summed E-state index contributed by atoms with van der Waals surface area (Å²) in [5.74, 6) is 2.10. The molecule has 0 fully saturated rings. The third-order valence-corrected chi connectivity index (χ3v) is 1.58. The van der Waals surface area contributed by atoms with Crippen molar-refractivity contribution >= 4 is 5.91 Å². The molecule has 3 nitrogen and oxygen atoms in total. The Morgan fingerprint density at radius 2 is 2.58 bits per heavy atom. The maximum atomic E-state index is 10.7. The van der Waals surface area contributed by atoms with Gasteiger partial charge in [-0.15, -0.1) is 6.42 Å². The Kier molecular flexibility index (Phi) is 2.54. The van der Waals surface area contributed by atoms with Gasteiger partial charge < -0.3 is 10.6 Å². The quantitative estimate of drug-likeness (QED) is 0.574. The SMILES string of the molecule is C#CCN1C=CC=C(C(N)=O)C1. The van der Waals surface area contributed by atoms with Gasteiger partial charge in [0, 0.05) is 18.3 Å². The molecule has 12 heavy (non-hydrogen) atoms. The fourth-order valence-electron chi connectivity index (χ4n) is 0.991. The first-order chi connectivity index (χ1) is 5.74. The van der Waals surface area contributed by atoms with E-state index in [-0.39, 0.29) is 5.91 Å². The Morgan fingerprint density at radius 3 is 3.17 bits per heavy atom. The van der Waals surface area contributed by atoms with Gasteiger partial charge in [0.2, 0.25) is 5.91 Å². The van der Waals surface area contributed by atoms with E-state index in [4.69, 9.17) is 12.2 Å². The summed E-state index contributed by atoms with van der Waals surface area (Å²) in [4.78, 5) is 12.6. The van der Waals surface area contributed by atoms with Crippen molar-refractivity contribution in [3.8, 4) is 12.3 Å². The molecule has 1 amide bonds. The second kappa shape index (κ2) is 3.63. The number of allylic oxidation sites excluding steroid dienone is 2. The molecule has 0 saturated heterocycles. The topological polar surface area (TPSA) is 46.3 Å². The number of amides is 1. The van der Waals surface area contributed by atoms with Crippen LogP contribution in [0.5, 0.6) is 0 Å². The minimum atomic E-state index is -0.388. The van der Waals surface area contributed by atoms with Gasteiger partial charge in [0.1, 0.15) is 0 Å². The van der Waals surface area contributed by atoms with Crippen molar-refractivity contribution in [2.75, 3.05) is 13.1 Å². The molecule has 0 aromatic rings. The van der Waals surface area contributed by atoms with Gasteiger partial charge in [-0.25, -0.2) is 0 Å². The fourth-order valence-corrected chi connectivity index (χ4v) is 0.991. The zero-order chi connectivity index (χ0) is 8.97. The standard InChI is InChI=1S/C9H10N2O/c1-2-5-11-6-3-4-8(7-11)9(10)12/h1,3-4,6H,5,7H2,(H2,10,12). The normalized spacial score (nSPS) is 15.2. The van der Waals surface area contributed by atoms with E-state index < -0.39 is 0 Å². The maximum absolute atomic E-state index is 10.7. The largest absolute Gasteiger partial charge is 0.366 e. The molecule has 0 spiro atoms. The highest BCUT2D eigenvalue weighted by Gasteiger charge is 2.10. The highest BCUT2D eigenvalue weighted by molar-refractivity contribution is 5.92. The number of primary amides is 1. The molecule has 0 aromatic heterocycles. The predicted molar refractivity (Wildman–Crippen MR) is 46.8 cm³/mol. The average molecular weight is 162 g/mol. The molecule has 0 aliphatic carbocycles. The molecular weight excluding hydrogens is 152 g/mol. The van der Waals surface area contributed by atoms with Crippen LogP contribution in [0.25, 0.3) is 0 Å². The van der Waals surface area contributed by atoms with Gasteiger partial charge in [0.25, 0.3) is 0 Å². The molecule has 0 bridgehead atoms. The molecule has 1 aliphatic heterocycles. The van der Waals surface area contributed by atoms with E-state index >= 15 is 0 Å². The van der Waals surface area contributed by atoms with Crippen LogP contribution in [0.1, 0.15) is 0 Å². The van der Waals surface area contributed by atoms with Crippen molar-refractivity contribution in [1.82, 2.24) is 4.90 Å². The molecule has 1 aliphatic rings. The molecule has 1 heterocycles. The Bertz CT molecular complexity index is 283. The van der Waals surface area contributed by atoms with E-state index in [1.54, 1.807) is 12.2 Å². The first-order valence-corrected chi connectivity index (χ1v) is 3.58. The van der Waals surface area contributed by atoms with Crippen molar-refractivity contribution in [2.45, 2.75) is 0 Å². The minimum absolute atomic E-state index is 0.388. The first-order valence-electron chi connectivity index (χ1n) is 3.58. The van der Waals surface area contributed by atoms with Crippen LogP contribution in [0.3, 0.4) is 0 Å². The summed E-state index contributed by atoms with van der Waals surface area (Å²) >= 11 is 0. The zero-order valence-electron chi connectivity index (χ0n) is 6.66. The number of nitrogens with zero attached hydrogens (tertiary/aromatic N) is 1. The summed E-state index contributed by atoms with van der Waals surface area (Å²) in [5, 5.41) is 0. The van der Waals surface area contributed by atoms with Crippen LogP contribution in [0.2, 0.25) is 0 Å². The predicted octanol–water partition coefficient (Wildman–Crippen LogP) is -0.139. The second-order valence-electron chi connectivity index (χ2n) is 2.51. The van der Waals surface area contributed by atoms with E-state index in [0.717, 1.165) is 0 Å². The Hall–Kier alpha value is -1.69. The van der Waals surface area contributed by atoms with Crippen LogP contribution in [0.15, 0.2) is 23.9 Å². The van der Waals surface area contributed by atoms with Gasteiger partial charge in [0.05, 0.1) is 6.54 Å². The summed E-state index contributed by atoms with van der Waals surface area (Å²) in [6, 6.07) is 0. The average Bonchev–Trinajstić information content (AvgIpc) is 2.05. The van der Waals surface area contributed by atoms with Crippen LogP contribution in [-0.2, 0) is 4.79 Å². The number of nitrogens with two attached hydrogens (primary N) is 1. The highest BCUT2D eigenvalue weighted by Crippen LogP contribution is 2.05. The number of rotatable bonds is 2. The summed E-state index contributed by atoms with van der Waals surface area (Å²) in [6.07, 6.45) is 10.4. The lowest BCUT2D eigenvalue weighted by atomic mass is 10.2. The minimum Gasteiger partial charge on any atom is -0.366 e. The van der Waals surface area contributed by atoms with Crippen LogP contribution in [0.4, 0.5) is 0 Å². The number of carbonyl (C=O) groups excluding carboxylic acids is 1. The van der Waals surface area contributed by atoms with E-state index in [2.05, 4.69) is 5.92 Å². The molecule has 62 valence electrons. The lowest BCUT2D eigenvalue weighted by Gasteiger charge is -2.20. The van der Waals surface area contributed by atoms with E-state index in [9.17, 15) is 4.79 Å². The van der Waals surface area contributed by atoms with Gasteiger partial charge in [-0.05, 0) is 6.08 Å². The van der Waals surface area contributed by atoms with Gasteiger partial charge in [-0.2, -0.15) is 0 Å². The van der Waals surface area contributed by atoms with Crippen LogP contribution in [-0.4, -0.2) is 23.9 Å².